The standard InChI is InChI=1S/C17H19N5/c1-2-4-15-12(3-1)9-13(22-15)10-19-17-14-5-7-18-8-6-16(14)20-11-21-17/h1-4,9,11,18,22H,5-8,10H2,(H,19,20,21). The van der Waals surface area contributed by atoms with Crippen LogP contribution in [0.5, 0.6) is 0 Å². The van der Waals surface area contributed by atoms with E-state index in [4.69, 9.17) is 0 Å². The van der Waals surface area contributed by atoms with Gasteiger partial charge in [0.1, 0.15) is 12.1 Å². The molecule has 0 fully saturated rings. The van der Waals surface area contributed by atoms with Gasteiger partial charge in [0.15, 0.2) is 0 Å². The maximum atomic E-state index is 4.44. The van der Waals surface area contributed by atoms with Crippen molar-refractivity contribution in [1.82, 2.24) is 20.3 Å². The fourth-order valence-corrected chi connectivity index (χ4v) is 3.03. The molecule has 0 bridgehead atoms. The number of nitrogens with zero attached hydrogens (tertiary/aromatic N) is 2. The molecule has 2 aromatic heterocycles. The largest absolute Gasteiger partial charge is 0.364 e. The summed E-state index contributed by atoms with van der Waals surface area (Å²) in [5.74, 6) is 0.965. The maximum Gasteiger partial charge on any atom is 0.133 e. The number of rotatable bonds is 3. The minimum Gasteiger partial charge on any atom is -0.364 e. The van der Waals surface area contributed by atoms with Gasteiger partial charge in [-0.05, 0) is 30.5 Å². The number of aromatic nitrogens is 3. The fraction of sp³-hybridized carbons (Fsp3) is 0.294. The van der Waals surface area contributed by atoms with Crippen molar-refractivity contribution < 1.29 is 0 Å². The van der Waals surface area contributed by atoms with E-state index in [1.807, 2.05) is 6.07 Å². The molecule has 5 heteroatoms. The van der Waals surface area contributed by atoms with Gasteiger partial charge in [-0.3, -0.25) is 0 Å². The summed E-state index contributed by atoms with van der Waals surface area (Å²) in [5, 5.41) is 8.12. The normalized spacial score (nSPS) is 14.5. The molecule has 3 heterocycles. The molecule has 112 valence electrons. The molecular formula is C17H19N5. The van der Waals surface area contributed by atoms with E-state index in [2.05, 4.69) is 49.9 Å². The SMILES string of the molecule is c1ccc2[nH]c(CNc3ncnc4c3CCNCC4)cc2c1. The Morgan fingerprint density at radius 1 is 1.09 bits per heavy atom. The van der Waals surface area contributed by atoms with E-state index in [9.17, 15) is 0 Å². The number of nitrogens with one attached hydrogen (secondary N) is 3. The van der Waals surface area contributed by atoms with Gasteiger partial charge >= 0.3 is 0 Å². The van der Waals surface area contributed by atoms with Gasteiger partial charge in [-0.2, -0.15) is 0 Å². The highest BCUT2D eigenvalue weighted by molar-refractivity contribution is 5.80. The van der Waals surface area contributed by atoms with Crippen LogP contribution in [0, 0.1) is 0 Å². The second kappa shape index (κ2) is 5.77. The van der Waals surface area contributed by atoms with Crippen molar-refractivity contribution in [3.63, 3.8) is 0 Å². The quantitative estimate of drug-likeness (QED) is 0.693. The Morgan fingerprint density at radius 3 is 2.95 bits per heavy atom. The number of hydrogen-bond acceptors (Lipinski definition) is 4. The number of hydrogen-bond donors (Lipinski definition) is 3. The minimum atomic E-state index is 0.742. The van der Waals surface area contributed by atoms with E-state index in [1.165, 1.54) is 27.9 Å². The molecule has 0 aliphatic carbocycles. The average Bonchev–Trinajstić information content (AvgIpc) is 2.81. The van der Waals surface area contributed by atoms with Crippen LogP contribution in [0.15, 0.2) is 36.7 Å². The van der Waals surface area contributed by atoms with Crippen LogP contribution in [0.25, 0.3) is 10.9 Å². The lowest BCUT2D eigenvalue weighted by Crippen LogP contribution is -2.16. The summed E-state index contributed by atoms with van der Waals surface area (Å²) < 4.78 is 0. The Bertz CT molecular complexity index is 760. The van der Waals surface area contributed by atoms with Gasteiger partial charge in [-0.1, -0.05) is 18.2 Å². The number of anilines is 1. The smallest absolute Gasteiger partial charge is 0.133 e. The number of fused-ring (bicyclic) bond motifs is 2. The van der Waals surface area contributed by atoms with E-state index in [1.54, 1.807) is 6.33 Å². The molecule has 1 aliphatic rings. The van der Waals surface area contributed by atoms with E-state index in [-0.39, 0.29) is 0 Å². The Morgan fingerprint density at radius 2 is 2.00 bits per heavy atom. The first kappa shape index (κ1) is 13.3. The van der Waals surface area contributed by atoms with Crippen LogP contribution in [0.1, 0.15) is 17.0 Å². The van der Waals surface area contributed by atoms with Crippen molar-refractivity contribution in [2.45, 2.75) is 19.4 Å². The van der Waals surface area contributed by atoms with Crippen molar-refractivity contribution in [1.29, 1.82) is 0 Å². The van der Waals surface area contributed by atoms with Gasteiger partial charge in [0.25, 0.3) is 0 Å². The summed E-state index contributed by atoms with van der Waals surface area (Å²) in [6.07, 6.45) is 3.61. The van der Waals surface area contributed by atoms with Crippen molar-refractivity contribution >= 4 is 16.7 Å². The summed E-state index contributed by atoms with van der Waals surface area (Å²) in [6, 6.07) is 10.5. The van der Waals surface area contributed by atoms with Crippen LogP contribution < -0.4 is 10.6 Å². The van der Waals surface area contributed by atoms with Gasteiger partial charge in [-0.25, -0.2) is 9.97 Å². The van der Waals surface area contributed by atoms with Crippen molar-refractivity contribution in [2.24, 2.45) is 0 Å². The second-order valence-electron chi connectivity index (χ2n) is 5.63. The molecule has 0 unspecified atom stereocenters. The third-order valence-electron chi connectivity index (χ3n) is 4.16. The lowest BCUT2D eigenvalue weighted by Gasteiger charge is -2.11. The van der Waals surface area contributed by atoms with E-state index in [0.29, 0.717) is 0 Å². The second-order valence-corrected chi connectivity index (χ2v) is 5.63. The molecule has 0 saturated heterocycles. The van der Waals surface area contributed by atoms with Crippen molar-refractivity contribution in [3.8, 4) is 0 Å². The van der Waals surface area contributed by atoms with Crippen LogP contribution in [0.4, 0.5) is 5.82 Å². The van der Waals surface area contributed by atoms with Crippen LogP contribution in [0.2, 0.25) is 0 Å². The monoisotopic (exact) mass is 293 g/mol. The van der Waals surface area contributed by atoms with Gasteiger partial charge in [-0.15, -0.1) is 0 Å². The van der Waals surface area contributed by atoms with Gasteiger partial charge in [0, 0.05) is 29.7 Å². The Balaban J connectivity index is 1.56. The van der Waals surface area contributed by atoms with E-state index >= 15 is 0 Å². The third-order valence-corrected chi connectivity index (χ3v) is 4.16. The molecule has 3 N–H and O–H groups in total. The molecule has 1 aliphatic heterocycles. The average molecular weight is 293 g/mol. The lowest BCUT2D eigenvalue weighted by atomic mass is 10.1. The zero-order valence-corrected chi connectivity index (χ0v) is 12.4. The Hall–Kier alpha value is -2.40. The fourth-order valence-electron chi connectivity index (χ4n) is 3.03. The van der Waals surface area contributed by atoms with Gasteiger partial charge in [0.2, 0.25) is 0 Å². The molecule has 1 aromatic carbocycles. The zero-order valence-electron chi connectivity index (χ0n) is 12.4. The minimum absolute atomic E-state index is 0.742. The predicted molar refractivity (Wildman–Crippen MR) is 87.9 cm³/mol. The Kier molecular flexibility index (Phi) is 3.48. The lowest BCUT2D eigenvalue weighted by molar-refractivity contribution is 0.708. The van der Waals surface area contributed by atoms with Crippen LogP contribution in [0.3, 0.4) is 0 Å². The van der Waals surface area contributed by atoms with E-state index < -0.39 is 0 Å². The molecule has 3 aromatic rings. The molecule has 0 saturated carbocycles. The Labute approximate surface area is 129 Å². The first-order valence-electron chi connectivity index (χ1n) is 7.74. The van der Waals surface area contributed by atoms with Gasteiger partial charge in [0.05, 0.1) is 12.2 Å². The van der Waals surface area contributed by atoms with Crippen molar-refractivity contribution in [2.75, 3.05) is 18.4 Å². The maximum absolute atomic E-state index is 4.44. The molecular weight excluding hydrogens is 274 g/mol. The number of benzene rings is 1. The molecule has 0 spiro atoms. The molecule has 0 atom stereocenters. The molecule has 22 heavy (non-hydrogen) atoms. The summed E-state index contributed by atoms with van der Waals surface area (Å²) in [4.78, 5) is 12.3. The zero-order chi connectivity index (χ0) is 14.8. The van der Waals surface area contributed by atoms with Crippen LogP contribution in [-0.4, -0.2) is 28.0 Å². The van der Waals surface area contributed by atoms with Crippen molar-refractivity contribution in [3.05, 3.63) is 53.6 Å². The molecule has 0 radical (unpaired) electrons. The summed E-state index contributed by atoms with van der Waals surface area (Å²) in [5.41, 5.74) is 4.76. The number of para-hydroxylation sites is 1. The van der Waals surface area contributed by atoms with E-state index in [0.717, 1.165) is 38.3 Å². The highest BCUT2D eigenvalue weighted by atomic mass is 15.0. The van der Waals surface area contributed by atoms with Gasteiger partial charge < -0.3 is 15.6 Å². The molecule has 0 amide bonds. The third kappa shape index (κ3) is 2.55. The first-order valence-corrected chi connectivity index (χ1v) is 7.74. The topological polar surface area (TPSA) is 65.6 Å². The molecule has 4 rings (SSSR count). The predicted octanol–water partition coefficient (Wildman–Crippen LogP) is 2.26. The van der Waals surface area contributed by atoms with Crippen LogP contribution >= 0.6 is 0 Å². The summed E-state index contributed by atoms with van der Waals surface area (Å²) in [7, 11) is 0. The highest BCUT2D eigenvalue weighted by Gasteiger charge is 2.13. The summed E-state index contributed by atoms with van der Waals surface area (Å²) in [6.45, 7) is 2.72. The summed E-state index contributed by atoms with van der Waals surface area (Å²) >= 11 is 0. The highest BCUT2D eigenvalue weighted by Crippen LogP contribution is 2.20. The number of H-pyrrole nitrogens is 1. The first-order chi connectivity index (χ1) is 10.9. The number of aromatic amines is 1. The van der Waals surface area contributed by atoms with Crippen LogP contribution in [-0.2, 0) is 19.4 Å². The molecule has 5 nitrogen and oxygen atoms in total.